The molecule has 1 aromatic heterocycles. The van der Waals surface area contributed by atoms with E-state index in [2.05, 4.69) is 22.0 Å². The molecule has 1 aliphatic heterocycles. The quantitative estimate of drug-likeness (QED) is 0.941. The number of amides is 1. The molecule has 2 heterocycles. The molecule has 1 saturated heterocycles. The molecular weight excluding hydrogens is 306 g/mol. The minimum atomic E-state index is -0.839. The summed E-state index contributed by atoms with van der Waals surface area (Å²) in [6.07, 6.45) is 1.05. The topological polar surface area (TPSA) is 56.7 Å². The van der Waals surface area contributed by atoms with Crippen molar-refractivity contribution < 1.29 is 9.90 Å². The third-order valence-electron chi connectivity index (χ3n) is 3.25. The first kappa shape index (κ1) is 14.2. The number of piperazine rings is 1. The highest BCUT2D eigenvalue weighted by atomic mass is 32.2. The number of benzene rings is 1. The lowest BCUT2D eigenvalue weighted by molar-refractivity contribution is 0.142. The van der Waals surface area contributed by atoms with Gasteiger partial charge < -0.3 is 14.9 Å². The summed E-state index contributed by atoms with van der Waals surface area (Å²) in [5.41, 5.74) is 0. The Kier molecular flexibility index (Phi) is 4.31. The maximum atomic E-state index is 10.9. The fourth-order valence-electron chi connectivity index (χ4n) is 2.14. The van der Waals surface area contributed by atoms with Crippen LogP contribution in [0.25, 0.3) is 0 Å². The molecule has 0 saturated carbocycles. The minimum absolute atomic E-state index is 0.538. The number of hydrogen-bond acceptors (Lipinski definition) is 5. The van der Waals surface area contributed by atoms with Crippen molar-refractivity contribution in [3.63, 3.8) is 0 Å². The first-order chi connectivity index (χ1) is 10.2. The average Bonchev–Trinajstić information content (AvgIpc) is 2.97. The molecule has 7 heteroatoms. The van der Waals surface area contributed by atoms with Gasteiger partial charge in [0.2, 0.25) is 0 Å². The molecule has 1 amide bonds. The van der Waals surface area contributed by atoms with Crippen LogP contribution in [0.4, 0.5) is 9.93 Å². The summed E-state index contributed by atoms with van der Waals surface area (Å²) in [5.74, 6) is 0. The fraction of sp³-hybridized carbons (Fsp3) is 0.286. The number of anilines is 1. The van der Waals surface area contributed by atoms with E-state index in [1.807, 2.05) is 24.4 Å². The van der Waals surface area contributed by atoms with Crippen LogP contribution in [0.2, 0.25) is 0 Å². The van der Waals surface area contributed by atoms with E-state index in [4.69, 9.17) is 5.11 Å². The van der Waals surface area contributed by atoms with E-state index in [-0.39, 0.29) is 0 Å². The van der Waals surface area contributed by atoms with Crippen molar-refractivity contribution in [2.24, 2.45) is 0 Å². The summed E-state index contributed by atoms with van der Waals surface area (Å²) < 4.78 is 1.15. The van der Waals surface area contributed by atoms with Crippen LogP contribution in [-0.4, -0.2) is 47.3 Å². The number of hydrogen-bond donors (Lipinski definition) is 1. The van der Waals surface area contributed by atoms with Crippen LogP contribution in [0.1, 0.15) is 0 Å². The second-order valence-corrected chi connectivity index (χ2v) is 7.02. The Hall–Kier alpha value is -1.73. The lowest BCUT2D eigenvalue weighted by atomic mass is 10.3. The lowest BCUT2D eigenvalue weighted by Crippen LogP contribution is -2.48. The first-order valence-electron chi connectivity index (χ1n) is 6.64. The summed E-state index contributed by atoms with van der Waals surface area (Å²) >= 11 is 3.36. The summed E-state index contributed by atoms with van der Waals surface area (Å²) in [7, 11) is 0. The Morgan fingerprint density at radius 2 is 1.90 bits per heavy atom. The van der Waals surface area contributed by atoms with E-state index in [1.54, 1.807) is 23.1 Å². The van der Waals surface area contributed by atoms with Gasteiger partial charge in [0, 0.05) is 31.1 Å². The molecule has 2 aromatic rings. The molecule has 1 aliphatic rings. The molecule has 0 aliphatic carbocycles. The molecule has 0 unspecified atom stereocenters. The van der Waals surface area contributed by atoms with Crippen LogP contribution in [0.3, 0.4) is 0 Å². The second kappa shape index (κ2) is 6.36. The van der Waals surface area contributed by atoms with Gasteiger partial charge in [0.05, 0.1) is 10.4 Å². The van der Waals surface area contributed by atoms with Crippen LogP contribution in [-0.2, 0) is 0 Å². The second-order valence-electron chi connectivity index (χ2n) is 4.63. The predicted octanol–water partition coefficient (Wildman–Crippen LogP) is 3.09. The predicted molar refractivity (Wildman–Crippen MR) is 84.5 cm³/mol. The smallest absolute Gasteiger partial charge is 0.407 e. The van der Waals surface area contributed by atoms with Crippen molar-refractivity contribution >= 4 is 34.3 Å². The Morgan fingerprint density at radius 1 is 1.19 bits per heavy atom. The van der Waals surface area contributed by atoms with Crippen LogP contribution in [0.5, 0.6) is 0 Å². The fourth-order valence-corrected chi connectivity index (χ4v) is 4.15. The van der Waals surface area contributed by atoms with Gasteiger partial charge in [-0.2, -0.15) is 0 Å². The van der Waals surface area contributed by atoms with E-state index >= 15 is 0 Å². The minimum Gasteiger partial charge on any atom is -0.465 e. The standard InChI is InChI=1S/C14H15N3O2S2/c18-14(19)17-8-6-16(7-9-17)13-15-10-12(21-13)20-11-4-2-1-3-5-11/h1-5,10H,6-9H2,(H,18,19). The number of aromatic nitrogens is 1. The summed E-state index contributed by atoms with van der Waals surface area (Å²) in [6, 6.07) is 10.2. The first-order valence-corrected chi connectivity index (χ1v) is 8.27. The molecule has 0 radical (unpaired) electrons. The molecular formula is C14H15N3O2S2. The highest BCUT2D eigenvalue weighted by molar-refractivity contribution is 8.01. The number of thiazole rings is 1. The summed E-state index contributed by atoms with van der Waals surface area (Å²) in [5, 5.41) is 9.93. The number of rotatable bonds is 3. The van der Waals surface area contributed by atoms with Gasteiger partial charge in [-0.25, -0.2) is 9.78 Å². The highest BCUT2D eigenvalue weighted by Gasteiger charge is 2.22. The van der Waals surface area contributed by atoms with Crippen molar-refractivity contribution in [1.29, 1.82) is 0 Å². The molecule has 5 nitrogen and oxygen atoms in total. The van der Waals surface area contributed by atoms with E-state index in [0.717, 1.165) is 9.34 Å². The van der Waals surface area contributed by atoms with Crippen LogP contribution >= 0.6 is 23.1 Å². The van der Waals surface area contributed by atoms with Crippen molar-refractivity contribution in [2.45, 2.75) is 9.10 Å². The normalized spacial score (nSPS) is 15.2. The number of carbonyl (C=O) groups is 1. The molecule has 1 N–H and O–H groups in total. The molecule has 21 heavy (non-hydrogen) atoms. The van der Waals surface area contributed by atoms with Gasteiger partial charge in [0.15, 0.2) is 5.13 Å². The van der Waals surface area contributed by atoms with E-state index in [1.165, 1.54) is 9.80 Å². The van der Waals surface area contributed by atoms with Gasteiger partial charge >= 0.3 is 6.09 Å². The summed E-state index contributed by atoms with van der Waals surface area (Å²) in [6.45, 7) is 2.48. The highest BCUT2D eigenvalue weighted by Crippen LogP contribution is 2.35. The van der Waals surface area contributed by atoms with Crippen molar-refractivity contribution in [2.75, 3.05) is 31.1 Å². The Morgan fingerprint density at radius 3 is 2.57 bits per heavy atom. The van der Waals surface area contributed by atoms with Gasteiger partial charge in [0.25, 0.3) is 0 Å². The van der Waals surface area contributed by atoms with Gasteiger partial charge in [-0.15, -0.1) is 0 Å². The maximum absolute atomic E-state index is 10.9. The third-order valence-corrected chi connectivity index (χ3v) is 5.42. The maximum Gasteiger partial charge on any atom is 0.407 e. The molecule has 110 valence electrons. The zero-order valence-corrected chi connectivity index (χ0v) is 12.9. The average molecular weight is 321 g/mol. The van der Waals surface area contributed by atoms with Crippen LogP contribution in [0, 0.1) is 0 Å². The summed E-state index contributed by atoms with van der Waals surface area (Å²) in [4.78, 5) is 20.2. The zero-order chi connectivity index (χ0) is 14.7. The number of carboxylic acid groups (broad SMARTS) is 1. The lowest BCUT2D eigenvalue weighted by Gasteiger charge is -2.32. The Bertz CT molecular complexity index is 610. The Labute approximate surface area is 131 Å². The van der Waals surface area contributed by atoms with Gasteiger partial charge in [-0.3, -0.25) is 0 Å². The van der Waals surface area contributed by atoms with Crippen molar-refractivity contribution in [3.8, 4) is 0 Å². The van der Waals surface area contributed by atoms with Crippen molar-refractivity contribution in [1.82, 2.24) is 9.88 Å². The monoisotopic (exact) mass is 321 g/mol. The third kappa shape index (κ3) is 3.48. The Balaban J connectivity index is 1.62. The van der Waals surface area contributed by atoms with Crippen LogP contribution < -0.4 is 4.90 Å². The molecule has 3 rings (SSSR count). The van der Waals surface area contributed by atoms with Gasteiger partial charge in [0.1, 0.15) is 0 Å². The largest absolute Gasteiger partial charge is 0.465 e. The molecule has 0 atom stereocenters. The number of nitrogens with zero attached hydrogens (tertiary/aromatic N) is 3. The molecule has 1 aromatic carbocycles. The van der Waals surface area contributed by atoms with E-state index < -0.39 is 6.09 Å². The van der Waals surface area contributed by atoms with E-state index in [0.29, 0.717) is 26.2 Å². The molecule has 1 fully saturated rings. The van der Waals surface area contributed by atoms with Crippen LogP contribution in [0.15, 0.2) is 45.6 Å². The SMILES string of the molecule is O=C(O)N1CCN(c2ncc(Sc3ccccc3)s2)CC1. The molecule has 0 spiro atoms. The van der Waals surface area contributed by atoms with Crippen molar-refractivity contribution in [3.05, 3.63) is 36.5 Å². The molecule has 0 bridgehead atoms. The van der Waals surface area contributed by atoms with Gasteiger partial charge in [-0.1, -0.05) is 41.3 Å². The zero-order valence-electron chi connectivity index (χ0n) is 11.3. The van der Waals surface area contributed by atoms with E-state index in [9.17, 15) is 4.79 Å². The van der Waals surface area contributed by atoms with Gasteiger partial charge in [-0.05, 0) is 12.1 Å².